The molecule has 0 saturated carbocycles. The van der Waals surface area contributed by atoms with E-state index in [-0.39, 0.29) is 36.9 Å². The van der Waals surface area contributed by atoms with Gasteiger partial charge in [0.1, 0.15) is 6.61 Å². The Hall–Kier alpha value is -1.68. The van der Waals surface area contributed by atoms with Crippen LogP contribution in [0.3, 0.4) is 0 Å². The lowest BCUT2D eigenvalue weighted by molar-refractivity contribution is -0.152. The summed E-state index contributed by atoms with van der Waals surface area (Å²) in [5.41, 5.74) is 0. The topological polar surface area (TPSA) is 82.0 Å². The number of carbonyl (C=O) groups excluding carboxylic acids is 3. The number of rotatable bonds is 19. The van der Waals surface area contributed by atoms with Gasteiger partial charge in [-0.2, -0.15) is 0 Å². The third-order valence-electron chi connectivity index (χ3n) is 5.12. The van der Waals surface area contributed by atoms with Gasteiger partial charge in [0, 0.05) is 0 Å². The first kappa shape index (κ1) is 27.3. The summed E-state index contributed by atoms with van der Waals surface area (Å²) >= 11 is 0. The van der Waals surface area contributed by atoms with Crippen LogP contribution < -0.4 is 0 Å². The van der Waals surface area contributed by atoms with Crippen molar-refractivity contribution < 1.29 is 23.9 Å². The lowest BCUT2D eigenvalue weighted by atomic mass is 9.94. The van der Waals surface area contributed by atoms with E-state index < -0.39 is 0 Å². The first-order chi connectivity index (χ1) is 14.1. The van der Waals surface area contributed by atoms with E-state index >= 15 is 0 Å². The summed E-state index contributed by atoms with van der Waals surface area (Å²) in [6, 6.07) is 0. The van der Waals surface area contributed by atoms with Gasteiger partial charge in [-0.1, -0.05) is 78.6 Å². The Morgan fingerprint density at radius 1 is 0.828 bits per heavy atom. The summed E-state index contributed by atoms with van der Waals surface area (Å²) in [5.74, 6) is -1.31. The summed E-state index contributed by atoms with van der Waals surface area (Å²) in [7, 11) is 0. The fourth-order valence-electron chi connectivity index (χ4n) is 3.21. The average molecular weight is 412 g/mol. The number of unbranched alkanes of at least 4 members (excludes halogenated alkanes) is 9. The summed E-state index contributed by atoms with van der Waals surface area (Å²) in [5, 5.41) is 0. The van der Waals surface area contributed by atoms with E-state index in [2.05, 4.69) is 11.9 Å². The summed E-state index contributed by atoms with van der Waals surface area (Å²) in [6.07, 6.45) is 14.8. The summed E-state index contributed by atoms with van der Waals surface area (Å²) in [4.78, 5) is 37.5. The predicted octanol–water partition coefficient (Wildman–Crippen LogP) is 5.38. The molecular weight excluding hydrogens is 370 g/mol. The van der Waals surface area contributed by atoms with Crippen molar-refractivity contribution in [3.8, 4) is 0 Å². The van der Waals surface area contributed by atoms with E-state index in [0.717, 1.165) is 12.8 Å². The predicted molar refractivity (Wildman–Crippen MR) is 114 cm³/mol. The molecule has 6 nitrogen and oxygen atoms in total. The third-order valence-corrected chi connectivity index (χ3v) is 5.12. The molecule has 0 N–H and O–H groups in total. The van der Waals surface area contributed by atoms with Crippen molar-refractivity contribution in [1.29, 1.82) is 0 Å². The lowest BCUT2D eigenvalue weighted by Gasteiger charge is -2.17. The van der Waals surface area contributed by atoms with E-state index in [0.29, 0.717) is 19.4 Å². The molecule has 0 aromatic carbocycles. The van der Waals surface area contributed by atoms with Gasteiger partial charge in [-0.25, -0.2) is 9.79 Å². The van der Waals surface area contributed by atoms with Gasteiger partial charge in [0.2, 0.25) is 6.08 Å². The maximum atomic E-state index is 12.1. The average Bonchev–Trinajstić information content (AvgIpc) is 2.72. The van der Waals surface area contributed by atoms with Crippen LogP contribution in [-0.4, -0.2) is 37.8 Å². The molecule has 0 spiro atoms. The highest BCUT2D eigenvalue weighted by atomic mass is 16.5. The second kappa shape index (κ2) is 19.6. The van der Waals surface area contributed by atoms with Crippen molar-refractivity contribution in [3.63, 3.8) is 0 Å². The number of nitrogens with zero attached hydrogens (tertiary/aromatic N) is 1. The molecule has 0 fully saturated rings. The Kier molecular flexibility index (Phi) is 18.5. The summed E-state index contributed by atoms with van der Waals surface area (Å²) in [6.45, 7) is 6.53. The quantitative estimate of drug-likeness (QED) is 0.123. The van der Waals surface area contributed by atoms with Crippen molar-refractivity contribution in [1.82, 2.24) is 0 Å². The number of carbonyl (C=O) groups is 2. The normalized spacial score (nSPS) is 12.7. The fraction of sp³-hybridized carbons (Fsp3) is 0.870. The Morgan fingerprint density at radius 2 is 1.38 bits per heavy atom. The van der Waals surface area contributed by atoms with E-state index in [9.17, 15) is 14.4 Å². The number of aliphatic imine (C=N–C) groups is 1. The highest BCUT2D eigenvalue weighted by Gasteiger charge is 2.25. The van der Waals surface area contributed by atoms with Gasteiger partial charge in [-0.05, 0) is 19.3 Å². The van der Waals surface area contributed by atoms with Crippen LogP contribution in [-0.2, 0) is 23.9 Å². The highest BCUT2D eigenvalue weighted by molar-refractivity contribution is 5.75. The van der Waals surface area contributed by atoms with Crippen molar-refractivity contribution in [3.05, 3.63) is 0 Å². The van der Waals surface area contributed by atoms with Crippen molar-refractivity contribution in [2.75, 3.05) is 19.8 Å². The Bertz CT molecular complexity index is 474. The van der Waals surface area contributed by atoms with E-state index in [1.54, 1.807) is 6.92 Å². The van der Waals surface area contributed by atoms with Gasteiger partial charge in [0.25, 0.3) is 0 Å². The first-order valence-corrected chi connectivity index (χ1v) is 11.4. The van der Waals surface area contributed by atoms with Crippen LogP contribution in [0.15, 0.2) is 4.99 Å². The molecule has 29 heavy (non-hydrogen) atoms. The molecule has 0 bridgehead atoms. The van der Waals surface area contributed by atoms with Crippen LogP contribution in [0.2, 0.25) is 0 Å². The minimum Gasteiger partial charge on any atom is -0.465 e. The van der Waals surface area contributed by atoms with Crippen LogP contribution in [0.25, 0.3) is 0 Å². The zero-order valence-corrected chi connectivity index (χ0v) is 18.7. The SMILES string of the molecule is CCCCCCCCCCCCOC(=O)C(C)CC(CC)C(=O)OCCN=C=O. The number of ether oxygens (including phenoxy) is 2. The maximum absolute atomic E-state index is 12.1. The largest absolute Gasteiger partial charge is 0.465 e. The molecule has 0 amide bonds. The molecule has 0 aliphatic carbocycles. The molecule has 0 rings (SSSR count). The zero-order valence-electron chi connectivity index (χ0n) is 18.7. The molecule has 0 aromatic heterocycles. The van der Waals surface area contributed by atoms with Crippen molar-refractivity contribution in [2.45, 2.75) is 97.8 Å². The fourth-order valence-corrected chi connectivity index (χ4v) is 3.21. The van der Waals surface area contributed by atoms with Gasteiger partial charge < -0.3 is 9.47 Å². The second-order valence-corrected chi connectivity index (χ2v) is 7.73. The van der Waals surface area contributed by atoms with E-state index in [1.165, 1.54) is 57.4 Å². The van der Waals surface area contributed by atoms with Gasteiger partial charge >= 0.3 is 11.9 Å². The number of esters is 2. The third kappa shape index (κ3) is 15.9. The molecule has 0 aliphatic heterocycles. The molecule has 168 valence electrons. The molecule has 0 radical (unpaired) electrons. The Balaban J connectivity index is 3.81. The number of isocyanates is 1. The second-order valence-electron chi connectivity index (χ2n) is 7.73. The minimum atomic E-state index is -0.358. The standard InChI is InChI=1S/C23H41NO5/c1-4-6-7-8-9-10-11-12-13-14-16-28-22(26)20(3)18-21(5-2)23(27)29-17-15-24-19-25/h20-21H,4-18H2,1-3H3. The van der Waals surface area contributed by atoms with Gasteiger partial charge in [0.15, 0.2) is 0 Å². The molecule has 0 saturated heterocycles. The summed E-state index contributed by atoms with van der Waals surface area (Å²) < 4.78 is 10.5. The van der Waals surface area contributed by atoms with Crippen LogP contribution >= 0.6 is 0 Å². The Labute approximate surface area is 176 Å². The van der Waals surface area contributed by atoms with Gasteiger partial charge in [-0.3, -0.25) is 9.59 Å². The Morgan fingerprint density at radius 3 is 1.93 bits per heavy atom. The smallest absolute Gasteiger partial charge is 0.309 e. The number of hydrogen-bond acceptors (Lipinski definition) is 6. The van der Waals surface area contributed by atoms with E-state index in [1.807, 2.05) is 6.92 Å². The molecule has 2 unspecified atom stereocenters. The number of hydrogen-bond donors (Lipinski definition) is 0. The van der Waals surface area contributed by atoms with Crippen LogP contribution in [0.5, 0.6) is 0 Å². The lowest BCUT2D eigenvalue weighted by Crippen LogP contribution is -2.25. The zero-order chi connectivity index (χ0) is 21.7. The van der Waals surface area contributed by atoms with Crippen LogP contribution in [0.1, 0.15) is 97.8 Å². The first-order valence-electron chi connectivity index (χ1n) is 11.4. The van der Waals surface area contributed by atoms with Crippen molar-refractivity contribution in [2.24, 2.45) is 16.8 Å². The van der Waals surface area contributed by atoms with Crippen molar-refractivity contribution >= 4 is 18.0 Å². The molecule has 2 atom stereocenters. The van der Waals surface area contributed by atoms with E-state index in [4.69, 9.17) is 9.47 Å². The molecule has 0 aromatic rings. The van der Waals surface area contributed by atoms with Gasteiger partial charge in [-0.15, -0.1) is 0 Å². The molecule has 0 aliphatic rings. The molecule has 0 heterocycles. The van der Waals surface area contributed by atoms with Crippen LogP contribution in [0, 0.1) is 11.8 Å². The minimum absolute atomic E-state index is 0.0577. The van der Waals surface area contributed by atoms with Gasteiger partial charge in [0.05, 0.1) is 25.0 Å². The van der Waals surface area contributed by atoms with Crippen LogP contribution in [0.4, 0.5) is 0 Å². The molecular formula is C23H41NO5. The monoisotopic (exact) mass is 411 g/mol. The molecule has 6 heteroatoms. The highest BCUT2D eigenvalue weighted by Crippen LogP contribution is 2.19. The maximum Gasteiger partial charge on any atom is 0.309 e.